The lowest BCUT2D eigenvalue weighted by Gasteiger charge is -2.18. The van der Waals surface area contributed by atoms with Crippen molar-refractivity contribution in [1.29, 1.82) is 0 Å². The molecule has 1 atom stereocenters. The van der Waals surface area contributed by atoms with Crippen LogP contribution in [0.4, 0.5) is 11.4 Å². The van der Waals surface area contributed by atoms with E-state index < -0.39 is 35.4 Å². The second-order valence-corrected chi connectivity index (χ2v) is 8.60. The van der Waals surface area contributed by atoms with E-state index in [1.807, 2.05) is 19.2 Å². The first-order chi connectivity index (χ1) is 15.6. The fourth-order valence-corrected chi connectivity index (χ4v) is 3.81. The Morgan fingerprint density at radius 1 is 1.21 bits per heavy atom. The predicted molar refractivity (Wildman–Crippen MR) is 128 cm³/mol. The van der Waals surface area contributed by atoms with Crippen LogP contribution in [0.2, 0.25) is 5.02 Å². The van der Waals surface area contributed by atoms with Gasteiger partial charge in [-0.05, 0) is 55.5 Å². The number of anilines is 1. The molecule has 2 N–H and O–H groups in total. The summed E-state index contributed by atoms with van der Waals surface area (Å²) in [6, 6.07) is 7.70. The van der Waals surface area contributed by atoms with E-state index in [4.69, 9.17) is 16.3 Å². The molecule has 9 nitrogen and oxygen atoms in total. The lowest BCUT2D eigenvalue weighted by molar-refractivity contribution is -0.384. The maximum Gasteiger partial charge on any atom is 0.329 e. The summed E-state index contributed by atoms with van der Waals surface area (Å²) >= 11 is 7.65. The van der Waals surface area contributed by atoms with Gasteiger partial charge in [0.05, 0.1) is 15.6 Å². The highest BCUT2D eigenvalue weighted by atomic mass is 35.5. The molecule has 2 aromatic carbocycles. The number of benzene rings is 2. The second kappa shape index (κ2) is 12.2. The van der Waals surface area contributed by atoms with Gasteiger partial charge in [-0.15, -0.1) is 0 Å². The van der Waals surface area contributed by atoms with Gasteiger partial charge < -0.3 is 15.4 Å². The van der Waals surface area contributed by atoms with Gasteiger partial charge in [-0.25, -0.2) is 4.79 Å². The molecule has 0 spiro atoms. The zero-order valence-electron chi connectivity index (χ0n) is 18.3. The van der Waals surface area contributed by atoms with Crippen molar-refractivity contribution in [3.63, 3.8) is 0 Å². The third-order valence-corrected chi connectivity index (χ3v) is 5.50. The third kappa shape index (κ3) is 7.76. The number of carbonyl (C=O) groups excluding carboxylic acids is 3. The first kappa shape index (κ1) is 26.1. The normalized spacial score (nSPS) is 11.4. The van der Waals surface area contributed by atoms with E-state index in [9.17, 15) is 24.5 Å². The number of halogens is 1. The molecule has 11 heteroatoms. The second-order valence-electron chi connectivity index (χ2n) is 7.21. The number of nitro groups is 1. The van der Waals surface area contributed by atoms with Crippen LogP contribution in [-0.2, 0) is 14.3 Å². The minimum absolute atomic E-state index is 0.0355. The first-order valence-electron chi connectivity index (χ1n) is 9.90. The lowest BCUT2D eigenvalue weighted by atomic mass is 10.1. The number of thioether (sulfide) groups is 1. The molecule has 0 aliphatic rings. The van der Waals surface area contributed by atoms with Gasteiger partial charge in [0.15, 0.2) is 6.61 Å². The molecule has 176 valence electrons. The average molecular weight is 494 g/mol. The number of hydrogen-bond donors (Lipinski definition) is 2. The fraction of sp³-hybridized carbons (Fsp3) is 0.318. The highest BCUT2D eigenvalue weighted by Crippen LogP contribution is 2.27. The van der Waals surface area contributed by atoms with Gasteiger partial charge in [0.1, 0.15) is 6.04 Å². The van der Waals surface area contributed by atoms with Crippen molar-refractivity contribution in [3.8, 4) is 0 Å². The Morgan fingerprint density at radius 2 is 1.94 bits per heavy atom. The number of non-ortho nitro benzene ring substituents is 1. The molecular formula is C22H24ClN3O6S. The topological polar surface area (TPSA) is 128 Å². The van der Waals surface area contributed by atoms with Crippen LogP contribution in [-0.4, -0.2) is 47.4 Å². The molecule has 0 heterocycles. The summed E-state index contributed by atoms with van der Waals surface area (Å²) in [5.41, 5.74) is 1.93. The Morgan fingerprint density at radius 3 is 2.58 bits per heavy atom. The molecule has 2 amide bonds. The number of nitro benzene ring substituents is 1. The minimum Gasteiger partial charge on any atom is -0.454 e. The third-order valence-electron chi connectivity index (χ3n) is 4.56. The van der Waals surface area contributed by atoms with Gasteiger partial charge in [0.2, 0.25) is 0 Å². The van der Waals surface area contributed by atoms with Crippen molar-refractivity contribution in [2.75, 3.05) is 23.9 Å². The molecule has 0 saturated heterocycles. The molecule has 1 unspecified atom stereocenters. The number of amides is 2. The van der Waals surface area contributed by atoms with Crippen LogP contribution < -0.4 is 10.6 Å². The van der Waals surface area contributed by atoms with Gasteiger partial charge in [0.25, 0.3) is 17.5 Å². The van der Waals surface area contributed by atoms with Crippen LogP contribution in [0.15, 0.2) is 36.4 Å². The lowest BCUT2D eigenvalue weighted by Crippen LogP contribution is -2.43. The zero-order chi connectivity index (χ0) is 24.5. The Bertz CT molecular complexity index is 1040. The SMILES string of the molecule is CSCCC(NC(=O)c1cccc([N+](=O)[O-])c1)C(=O)OCC(=O)Nc1c(C)cc(C)cc1Cl. The molecule has 0 aromatic heterocycles. The number of carbonyl (C=O) groups is 3. The summed E-state index contributed by atoms with van der Waals surface area (Å²) in [5, 5.41) is 16.5. The summed E-state index contributed by atoms with van der Waals surface area (Å²) in [4.78, 5) is 47.7. The quantitative estimate of drug-likeness (QED) is 0.292. The number of hydrogen-bond acceptors (Lipinski definition) is 7. The molecule has 0 bridgehead atoms. The van der Waals surface area contributed by atoms with Gasteiger partial charge in [-0.1, -0.05) is 23.7 Å². The number of rotatable bonds is 10. The zero-order valence-corrected chi connectivity index (χ0v) is 19.9. The van der Waals surface area contributed by atoms with Crippen molar-refractivity contribution < 1.29 is 24.0 Å². The van der Waals surface area contributed by atoms with E-state index in [0.717, 1.165) is 17.2 Å². The van der Waals surface area contributed by atoms with Crippen LogP contribution in [0, 0.1) is 24.0 Å². The number of ether oxygens (including phenoxy) is 1. The van der Waals surface area contributed by atoms with E-state index in [2.05, 4.69) is 10.6 Å². The summed E-state index contributed by atoms with van der Waals surface area (Å²) in [5.74, 6) is -1.48. The molecule has 2 rings (SSSR count). The van der Waals surface area contributed by atoms with Crippen molar-refractivity contribution in [1.82, 2.24) is 5.32 Å². The fourth-order valence-electron chi connectivity index (χ4n) is 2.97. The summed E-state index contributed by atoms with van der Waals surface area (Å²) in [6.45, 7) is 3.11. The van der Waals surface area contributed by atoms with E-state index in [1.54, 1.807) is 13.0 Å². The number of esters is 1. The van der Waals surface area contributed by atoms with E-state index in [-0.39, 0.29) is 17.7 Å². The number of nitrogens with one attached hydrogen (secondary N) is 2. The molecule has 0 aliphatic carbocycles. The number of aryl methyl sites for hydroxylation is 2. The summed E-state index contributed by atoms with van der Waals surface area (Å²) in [7, 11) is 0. The summed E-state index contributed by atoms with van der Waals surface area (Å²) < 4.78 is 5.11. The van der Waals surface area contributed by atoms with Gasteiger partial charge in [-0.2, -0.15) is 11.8 Å². The predicted octanol–water partition coefficient (Wildman–Crippen LogP) is 3.90. The van der Waals surface area contributed by atoms with E-state index in [0.29, 0.717) is 16.5 Å². The Labute approximate surface area is 200 Å². The molecule has 0 radical (unpaired) electrons. The Balaban J connectivity index is 2.02. The smallest absolute Gasteiger partial charge is 0.329 e. The van der Waals surface area contributed by atoms with E-state index in [1.165, 1.54) is 30.0 Å². The highest BCUT2D eigenvalue weighted by Gasteiger charge is 2.24. The van der Waals surface area contributed by atoms with Crippen LogP contribution in [0.3, 0.4) is 0 Å². The van der Waals surface area contributed by atoms with Crippen LogP contribution in [0.5, 0.6) is 0 Å². The minimum atomic E-state index is -1.03. The van der Waals surface area contributed by atoms with Crippen molar-refractivity contribution in [3.05, 3.63) is 68.2 Å². The van der Waals surface area contributed by atoms with Crippen LogP contribution >= 0.6 is 23.4 Å². The monoisotopic (exact) mass is 493 g/mol. The highest BCUT2D eigenvalue weighted by molar-refractivity contribution is 7.98. The standard InChI is InChI=1S/C22H24ClN3O6S/c1-13-9-14(2)20(17(23)10-13)25-19(27)12-32-22(29)18(7-8-33-3)24-21(28)15-5-4-6-16(11-15)26(30)31/h4-6,9-11,18H,7-8,12H2,1-3H3,(H,24,28)(H,25,27). The van der Waals surface area contributed by atoms with Crippen molar-refractivity contribution >= 4 is 52.5 Å². The molecule has 2 aromatic rings. The maximum absolute atomic E-state index is 12.6. The van der Waals surface area contributed by atoms with E-state index >= 15 is 0 Å². The molecule has 0 fully saturated rings. The van der Waals surface area contributed by atoms with Crippen molar-refractivity contribution in [2.45, 2.75) is 26.3 Å². The van der Waals surface area contributed by atoms with Gasteiger partial charge in [0, 0.05) is 17.7 Å². The molecule has 0 saturated carbocycles. The van der Waals surface area contributed by atoms with Crippen LogP contribution in [0.25, 0.3) is 0 Å². The van der Waals surface area contributed by atoms with Crippen LogP contribution in [0.1, 0.15) is 27.9 Å². The molecular weight excluding hydrogens is 470 g/mol. The van der Waals surface area contributed by atoms with Crippen molar-refractivity contribution in [2.24, 2.45) is 0 Å². The molecule has 0 aliphatic heterocycles. The Hall–Kier alpha value is -3.11. The van der Waals surface area contributed by atoms with Gasteiger partial charge >= 0.3 is 5.97 Å². The largest absolute Gasteiger partial charge is 0.454 e. The number of nitrogens with zero attached hydrogens (tertiary/aromatic N) is 1. The summed E-state index contributed by atoms with van der Waals surface area (Å²) in [6.07, 6.45) is 2.09. The Kier molecular flexibility index (Phi) is 9.68. The average Bonchev–Trinajstić information content (AvgIpc) is 2.77. The maximum atomic E-state index is 12.6. The molecule has 33 heavy (non-hydrogen) atoms. The first-order valence-corrected chi connectivity index (χ1v) is 11.7. The van der Waals surface area contributed by atoms with Gasteiger partial charge in [-0.3, -0.25) is 19.7 Å².